The Labute approximate surface area is 275 Å². The molecular formula is C35H35N2O5S3+. The van der Waals surface area contributed by atoms with Gasteiger partial charge < -0.3 is 24.6 Å². The van der Waals surface area contributed by atoms with Crippen molar-refractivity contribution in [3.63, 3.8) is 0 Å². The van der Waals surface area contributed by atoms with E-state index in [-0.39, 0.29) is 19.0 Å². The molecule has 0 spiro atoms. The van der Waals surface area contributed by atoms with Crippen molar-refractivity contribution in [2.24, 2.45) is 0 Å². The Morgan fingerprint density at radius 3 is 2.42 bits per heavy atom. The van der Waals surface area contributed by atoms with Crippen molar-refractivity contribution in [2.45, 2.75) is 11.4 Å². The number of aliphatic hydroxyl groups is 2. The number of thiazole rings is 1. The lowest BCUT2D eigenvalue weighted by atomic mass is 9.89. The van der Waals surface area contributed by atoms with Crippen LogP contribution in [0.4, 0.5) is 5.69 Å². The molecule has 10 heteroatoms. The standard InChI is InChI=1S/C35H35N2O5S3/c38-15-14-36-28-10-4-6-12-30(28)44-32(36)22-26-34(40)27(35(26)43-21-20-42-19-18-41-17-16-39)23-33-37(24-25-8-2-1-3-9-25)29-11-5-7-13-31(29)45-33/h1-13,22-23,38-39H,14-21,24H2/q+1. The number of β-amino-alcohol motifs (C(OH)–C–C–N with tert-alkyl or cyclic N) is 1. The minimum atomic E-state index is -0.00429. The molecular weight excluding hydrogens is 625 g/mol. The molecule has 6 rings (SSSR count). The molecule has 0 radical (unpaired) electrons. The first-order chi connectivity index (χ1) is 22.2. The summed E-state index contributed by atoms with van der Waals surface area (Å²) >= 11 is 4.94. The van der Waals surface area contributed by atoms with Crippen LogP contribution in [0.15, 0.2) is 111 Å². The van der Waals surface area contributed by atoms with Gasteiger partial charge in [-0.05, 0) is 24.3 Å². The summed E-state index contributed by atoms with van der Waals surface area (Å²) in [6.07, 6.45) is 4.03. The highest BCUT2D eigenvalue weighted by atomic mass is 32.2. The summed E-state index contributed by atoms with van der Waals surface area (Å²) in [5.74, 6) is 0.698. The number of aliphatic hydroxyl groups excluding tert-OH is 2. The fraction of sp³-hybridized carbons (Fsp3) is 0.257. The van der Waals surface area contributed by atoms with Gasteiger partial charge in [0.05, 0.1) is 50.4 Å². The van der Waals surface area contributed by atoms with E-state index >= 15 is 0 Å². The Hall–Kier alpha value is -3.22. The number of nitrogens with zero attached hydrogens (tertiary/aromatic N) is 2. The highest BCUT2D eigenvalue weighted by Crippen LogP contribution is 2.48. The van der Waals surface area contributed by atoms with Crippen LogP contribution in [0.1, 0.15) is 10.6 Å². The van der Waals surface area contributed by atoms with E-state index in [9.17, 15) is 9.90 Å². The third kappa shape index (κ3) is 7.28. The van der Waals surface area contributed by atoms with E-state index in [4.69, 9.17) is 14.6 Å². The Bertz CT molecular complexity index is 1750. The Balaban J connectivity index is 1.32. The minimum Gasteiger partial charge on any atom is -0.395 e. The lowest BCUT2D eigenvalue weighted by Crippen LogP contribution is -2.36. The van der Waals surface area contributed by atoms with Gasteiger partial charge in [0.2, 0.25) is 5.52 Å². The summed E-state index contributed by atoms with van der Waals surface area (Å²) in [6.45, 7) is 2.86. The van der Waals surface area contributed by atoms with Crippen LogP contribution in [-0.4, -0.2) is 67.9 Å². The second kappa shape index (κ2) is 15.4. The van der Waals surface area contributed by atoms with Gasteiger partial charge in [-0.3, -0.25) is 4.79 Å². The van der Waals surface area contributed by atoms with Gasteiger partial charge in [-0.2, -0.15) is 4.57 Å². The van der Waals surface area contributed by atoms with Crippen molar-refractivity contribution in [1.82, 2.24) is 0 Å². The molecule has 45 heavy (non-hydrogen) atoms. The Morgan fingerprint density at radius 1 is 0.844 bits per heavy atom. The number of ketones is 1. The quantitative estimate of drug-likeness (QED) is 0.0962. The van der Waals surface area contributed by atoms with E-state index in [1.165, 1.54) is 10.3 Å². The molecule has 0 atom stereocenters. The molecule has 2 N–H and O–H groups in total. The third-order valence-electron chi connectivity index (χ3n) is 7.38. The maximum atomic E-state index is 13.9. The molecule has 2 aliphatic rings. The maximum absolute atomic E-state index is 13.9. The zero-order valence-corrected chi connectivity index (χ0v) is 27.2. The van der Waals surface area contributed by atoms with Crippen LogP contribution in [0, 0.1) is 0 Å². The van der Waals surface area contributed by atoms with Gasteiger partial charge in [0.25, 0.3) is 5.01 Å². The number of benzene rings is 3. The van der Waals surface area contributed by atoms with E-state index in [0.717, 1.165) is 31.0 Å². The van der Waals surface area contributed by atoms with Gasteiger partial charge in [0.15, 0.2) is 12.3 Å². The zero-order chi connectivity index (χ0) is 31.0. The number of allylic oxidation sites excluding steroid dienone is 3. The van der Waals surface area contributed by atoms with Crippen LogP contribution in [0.25, 0.3) is 16.3 Å². The molecule has 0 amide bonds. The zero-order valence-electron chi connectivity index (χ0n) is 24.8. The van der Waals surface area contributed by atoms with Crippen molar-refractivity contribution < 1.29 is 29.0 Å². The topological polar surface area (TPSA) is 83.1 Å². The number of hydrogen-bond donors (Lipinski definition) is 2. The van der Waals surface area contributed by atoms with Gasteiger partial charge in [-0.25, -0.2) is 0 Å². The van der Waals surface area contributed by atoms with Gasteiger partial charge in [0, 0.05) is 51.0 Å². The van der Waals surface area contributed by atoms with Crippen LogP contribution >= 0.6 is 34.9 Å². The predicted octanol–water partition coefficient (Wildman–Crippen LogP) is 5.66. The first kappa shape index (κ1) is 31.7. The number of Topliss-reactive ketones (excluding diaryl/α,β-unsaturated/α-hetero) is 1. The number of rotatable bonds is 15. The van der Waals surface area contributed by atoms with E-state index in [1.807, 2.05) is 42.5 Å². The summed E-state index contributed by atoms with van der Waals surface area (Å²) in [5.41, 5.74) is 4.78. The number of thioether (sulfide) groups is 2. The number of hydrogen-bond acceptors (Lipinski definition) is 9. The van der Waals surface area contributed by atoms with Crippen LogP contribution in [-0.2, 0) is 20.8 Å². The predicted molar refractivity (Wildman–Crippen MR) is 184 cm³/mol. The van der Waals surface area contributed by atoms with E-state index in [0.29, 0.717) is 56.4 Å². The largest absolute Gasteiger partial charge is 0.395 e. The van der Waals surface area contributed by atoms with Crippen LogP contribution in [0.3, 0.4) is 0 Å². The van der Waals surface area contributed by atoms with Crippen LogP contribution in [0.5, 0.6) is 0 Å². The summed E-state index contributed by atoms with van der Waals surface area (Å²) in [7, 11) is 0. The molecule has 0 fully saturated rings. The van der Waals surface area contributed by atoms with Crippen LogP contribution < -0.4 is 9.47 Å². The summed E-state index contributed by atoms with van der Waals surface area (Å²) in [5, 5.41) is 20.6. The van der Waals surface area contributed by atoms with Crippen molar-refractivity contribution in [3.05, 3.63) is 117 Å². The average molecular weight is 660 g/mol. The van der Waals surface area contributed by atoms with Crippen LogP contribution in [0.2, 0.25) is 0 Å². The lowest BCUT2D eigenvalue weighted by Gasteiger charge is -2.25. The van der Waals surface area contributed by atoms with Gasteiger partial charge in [0.1, 0.15) is 4.70 Å². The number of anilines is 1. The highest BCUT2D eigenvalue weighted by molar-refractivity contribution is 8.04. The van der Waals surface area contributed by atoms with Gasteiger partial charge in [-0.1, -0.05) is 77.7 Å². The molecule has 1 aliphatic heterocycles. The van der Waals surface area contributed by atoms with E-state index < -0.39 is 0 Å². The fourth-order valence-electron chi connectivity index (χ4n) is 5.27. The third-order valence-corrected chi connectivity index (χ3v) is 10.7. The van der Waals surface area contributed by atoms with Gasteiger partial charge >= 0.3 is 0 Å². The van der Waals surface area contributed by atoms with E-state index in [1.54, 1.807) is 34.9 Å². The number of aromatic nitrogens is 1. The SMILES string of the molecule is O=C1C(/C=C2/Sc3ccccc3N2CCO)=C(SCCOCCOCCO)C/1=C\c1sc2ccccc2[n+]1Cc1ccccc1. The van der Waals surface area contributed by atoms with Crippen molar-refractivity contribution in [1.29, 1.82) is 0 Å². The number of carbonyl (C=O) groups is 1. The monoisotopic (exact) mass is 659 g/mol. The molecule has 232 valence electrons. The second-order valence-corrected chi connectivity index (χ2v) is 13.6. The number of para-hydroxylation sites is 2. The molecule has 1 aromatic heterocycles. The molecule has 0 saturated heterocycles. The second-order valence-electron chi connectivity index (χ2n) is 10.3. The molecule has 0 unspecified atom stereocenters. The number of carbonyl (C=O) groups excluding carboxylic acids is 1. The first-order valence-corrected chi connectivity index (χ1v) is 17.5. The van der Waals surface area contributed by atoms with Crippen molar-refractivity contribution in [3.8, 4) is 0 Å². The summed E-state index contributed by atoms with van der Waals surface area (Å²) in [6, 6.07) is 26.8. The summed E-state index contributed by atoms with van der Waals surface area (Å²) < 4.78 is 14.5. The first-order valence-electron chi connectivity index (χ1n) is 14.9. The normalized spacial score (nSPS) is 16.3. The molecule has 1 aliphatic carbocycles. The van der Waals surface area contributed by atoms with Crippen molar-refractivity contribution >= 4 is 62.6 Å². The lowest BCUT2D eigenvalue weighted by molar-refractivity contribution is -0.659. The number of ether oxygens (including phenoxy) is 2. The van der Waals surface area contributed by atoms with Crippen molar-refractivity contribution in [2.75, 3.05) is 56.8 Å². The maximum Gasteiger partial charge on any atom is 0.263 e. The highest BCUT2D eigenvalue weighted by Gasteiger charge is 2.36. The molecule has 7 nitrogen and oxygen atoms in total. The smallest absolute Gasteiger partial charge is 0.263 e. The molecule has 2 heterocycles. The molecule has 3 aromatic carbocycles. The summed E-state index contributed by atoms with van der Waals surface area (Å²) in [4.78, 5) is 18.0. The minimum absolute atomic E-state index is 0.00429. The molecule has 0 saturated carbocycles. The molecule has 4 aromatic rings. The fourth-order valence-corrected chi connectivity index (χ4v) is 8.52. The Morgan fingerprint density at radius 2 is 1.60 bits per heavy atom. The molecule has 0 bridgehead atoms. The average Bonchev–Trinajstić information content (AvgIpc) is 3.60. The Kier molecular flexibility index (Phi) is 10.8. The van der Waals surface area contributed by atoms with Gasteiger partial charge in [-0.15, -0.1) is 11.8 Å². The van der Waals surface area contributed by atoms with E-state index in [2.05, 4.69) is 58.0 Å². The number of fused-ring (bicyclic) bond motifs is 2.